The maximum Gasteiger partial charge on any atom is 0.409 e. The fourth-order valence-corrected chi connectivity index (χ4v) is 2.88. The lowest BCUT2D eigenvalue weighted by atomic mass is 9.82. The number of aliphatic carboxylic acids is 1. The van der Waals surface area contributed by atoms with Crippen LogP contribution < -0.4 is 0 Å². The van der Waals surface area contributed by atoms with E-state index in [2.05, 4.69) is 0 Å². The van der Waals surface area contributed by atoms with Gasteiger partial charge in [-0.3, -0.25) is 4.79 Å². The number of carbonyl (C=O) groups is 2. The van der Waals surface area contributed by atoms with Crippen LogP contribution in [0.5, 0.6) is 0 Å². The number of hydrogen-bond acceptors (Lipinski definition) is 3. The lowest BCUT2D eigenvalue weighted by molar-refractivity contribution is -0.143. The van der Waals surface area contributed by atoms with Crippen molar-refractivity contribution >= 4 is 12.1 Å². The van der Waals surface area contributed by atoms with Crippen molar-refractivity contribution in [1.29, 1.82) is 0 Å². The van der Waals surface area contributed by atoms with E-state index in [1.54, 1.807) is 11.9 Å². The minimum Gasteiger partial charge on any atom is -0.481 e. The number of benzene rings is 1. The molecule has 1 aliphatic rings. The van der Waals surface area contributed by atoms with Gasteiger partial charge in [0.15, 0.2) is 0 Å². The van der Waals surface area contributed by atoms with Gasteiger partial charge in [0.2, 0.25) is 0 Å². The van der Waals surface area contributed by atoms with Gasteiger partial charge < -0.3 is 14.7 Å². The summed E-state index contributed by atoms with van der Waals surface area (Å²) < 4.78 is 5.28. The van der Waals surface area contributed by atoms with Gasteiger partial charge >= 0.3 is 12.1 Å². The molecule has 1 aromatic rings. The third-order valence-corrected chi connectivity index (χ3v) is 4.24. The Morgan fingerprint density at radius 3 is 2.41 bits per heavy atom. The lowest BCUT2D eigenvalue weighted by Crippen LogP contribution is -2.34. The molecule has 22 heavy (non-hydrogen) atoms. The number of carboxylic acids is 1. The standard InChI is InChI=1S/C17H23NO4/c1-18(11-13-7-9-15(10-8-13)16(19)20)17(21)22-12-14-5-3-2-4-6-14/h2-6,13,15H,7-12H2,1H3,(H,19,20)/t13-,15-. The van der Waals surface area contributed by atoms with E-state index in [-0.39, 0.29) is 18.6 Å². The SMILES string of the molecule is CN(C[C@H]1CC[C@H](C(=O)O)CC1)C(=O)OCc1ccccc1. The molecule has 1 aliphatic carbocycles. The van der Waals surface area contributed by atoms with Crippen LogP contribution in [0.25, 0.3) is 0 Å². The molecule has 5 nitrogen and oxygen atoms in total. The summed E-state index contributed by atoms with van der Waals surface area (Å²) in [6.07, 6.45) is 2.78. The summed E-state index contributed by atoms with van der Waals surface area (Å²) in [5.41, 5.74) is 0.964. The molecule has 0 radical (unpaired) electrons. The van der Waals surface area contributed by atoms with Crippen molar-refractivity contribution in [2.24, 2.45) is 11.8 Å². The molecule has 0 spiro atoms. The van der Waals surface area contributed by atoms with Crippen LogP contribution in [0.2, 0.25) is 0 Å². The van der Waals surface area contributed by atoms with Crippen LogP contribution in [0.15, 0.2) is 30.3 Å². The second-order valence-electron chi connectivity index (χ2n) is 5.98. The highest BCUT2D eigenvalue weighted by molar-refractivity contribution is 5.70. The smallest absolute Gasteiger partial charge is 0.409 e. The monoisotopic (exact) mass is 305 g/mol. The first kappa shape index (κ1) is 16.3. The maximum absolute atomic E-state index is 12.0. The van der Waals surface area contributed by atoms with Crippen LogP contribution in [0.4, 0.5) is 4.79 Å². The van der Waals surface area contributed by atoms with Gasteiger partial charge in [0, 0.05) is 13.6 Å². The van der Waals surface area contributed by atoms with E-state index in [1.807, 2.05) is 30.3 Å². The number of rotatable bonds is 5. The van der Waals surface area contributed by atoms with E-state index >= 15 is 0 Å². The highest BCUT2D eigenvalue weighted by Gasteiger charge is 2.27. The Labute approximate surface area is 130 Å². The zero-order chi connectivity index (χ0) is 15.9. The molecular weight excluding hydrogens is 282 g/mol. The molecule has 1 N–H and O–H groups in total. The lowest BCUT2D eigenvalue weighted by Gasteiger charge is -2.29. The summed E-state index contributed by atoms with van der Waals surface area (Å²) in [6, 6.07) is 9.58. The van der Waals surface area contributed by atoms with Gasteiger partial charge in [-0.2, -0.15) is 0 Å². The van der Waals surface area contributed by atoms with Crippen LogP contribution in [0, 0.1) is 11.8 Å². The predicted octanol–water partition coefficient (Wildman–Crippen LogP) is 3.15. The van der Waals surface area contributed by atoms with Crippen LogP contribution >= 0.6 is 0 Å². The molecule has 120 valence electrons. The summed E-state index contributed by atoms with van der Waals surface area (Å²) >= 11 is 0. The Morgan fingerprint density at radius 2 is 1.82 bits per heavy atom. The average Bonchev–Trinajstić information content (AvgIpc) is 2.54. The molecule has 0 heterocycles. The summed E-state index contributed by atoms with van der Waals surface area (Å²) in [7, 11) is 1.73. The first-order valence-corrected chi connectivity index (χ1v) is 7.71. The van der Waals surface area contributed by atoms with Gasteiger partial charge in [-0.15, -0.1) is 0 Å². The van der Waals surface area contributed by atoms with E-state index in [1.165, 1.54) is 0 Å². The van der Waals surface area contributed by atoms with Gasteiger partial charge in [-0.05, 0) is 37.2 Å². The highest BCUT2D eigenvalue weighted by Crippen LogP contribution is 2.29. The molecule has 0 aliphatic heterocycles. The van der Waals surface area contributed by atoms with Crippen molar-refractivity contribution in [3.63, 3.8) is 0 Å². The fraction of sp³-hybridized carbons (Fsp3) is 0.529. The second-order valence-corrected chi connectivity index (χ2v) is 5.98. The van der Waals surface area contributed by atoms with Crippen LogP contribution in [0.3, 0.4) is 0 Å². The summed E-state index contributed by atoms with van der Waals surface area (Å²) in [4.78, 5) is 24.5. The third-order valence-electron chi connectivity index (χ3n) is 4.24. The normalized spacial score (nSPS) is 21.1. The van der Waals surface area contributed by atoms with Crippen LogP contribution in [0.1, 0.15) is 31.2 Å². The molecule has 0 atom stereocenters. The van der Waals surface area contributed by atoms with Crippen molar-refractivity contribution in [1.82, 2.24) is 4.90 Å². The molecule has 1 amide bonds. The van der Waals surface area contributed by atoms with Crippen molar-refractivity contribution < 1.29 is 19.4 Å². The molecule has 0 unspecified atom stereocenters. The molecule has 1 aromatic carbocycles. The van der Waals surface area contributed by atoms with Crippen molar-refractivity contribution in [3.8, 4) is 0 Å². The summed E-state index contributed by atoms with van der Waals surface area (Å²) in [5, 5.41) is 8.99. The van der Waals surface area contributed by atoms with Gasteiger partial charge in [0.25, 0.3) is 0 Å². The molecule has 0 aromatic heterocycles. The molecule has 1 saturated carbocycles. The molecular formula is C17H23NO4. The van der Waals surface area contributed by atoms with Gasteiger partial charge in [-0.25, -0.2) is 4.79 Å². The third kappa shape index (κ3) is 4.76. The Morgan fingerprint density at radius 1 is 1.18 bits per heavy atom. The highest BCUT2D eigenvalue weighted by atomic mass is 16.6. The number of amides is 1. The number of hydrogen-bond donors (Lipinski definition) is 1. The second kappa shape index (κ2) is 7.82. The van der Waals surface area contributed by atoms with E-state index in [9.17, 15) is 9.59 Å². The summed E-state index contributed by atoms with van der Waals surface area (Å²) in [5.74, 6) is -0.550. The number of nitrogens with zero attached hydrogens (tertiary/aromatic N) is 1. The quantitative estimate of drug-likeness (QED) is 0.907. The largest absolute Gasteiger partial charge is 0.481 e. The van der Waals surface area contributed by atoms with Gasteiger partial charge in [0.05, 0.1) is 5.92 Å². The number of carbonyl (C=O) groups excluding carboxylic acids is 1. The fourth-order valence-electron chi connectivity index (χ4n) is 2.88. The van der Waals surface area contributed by atoms with E-state index in [4.69, 9.17) is 9.84 Å². The zero-order valence-corrected chi connectivity index (χ0v) is 12.9. The van der Waals surface area contributed by atoms with E-state index < -0.39 is 5.97 Å². The Hall–Kier alpha value is -2.04. The zero-order valence-electron chi connectivity index (χ0n) is 12.9. The number of carboxylic acid groups (broad SMARTS) is 1. The minimum atomic E-state index is -0.700. The van der Waals surface area contributed by atoms with Crippen molar-refractivity contribution in [2.45, 2.75) is 32.3 Å². The van der Waals surface area contributed by atoms with Crippen LogP contribution in [-0.2, 0) is 16.1 Å². The van der Waals surface area contributed by atoms with Gasteiger partial charge in [0.1, 0.15) is 6.61 Å². The van der Waals surface area contributed by atoms with Crippen LogP contribution in [-0.4, -0.2) is 35.7 Å². The molecule has 1 fully saturated rings. The number of ether oxygens (including phenoxy) is 1. The molecule has 0 saturated heterocycles. The molecule has 2 rings (SSSR count). The average molecular weight is 305 g/mol. The molecule has 0 bridgehead atoms. The Bertz CT molecular complexity index is 495. The Balaban J connectivity index is 1.71. The topological polar surface area (TPSA) is 66.8 Å². The predicted molar refractivity (Wildman–Crippen MR) is 82.3 cm³/mol. The van der Waals surface area contributed by atoms with Crippen molar-refractivity contribution in [3.05, 3.63) is 35.9 Å². The maximum atomic E-state index is 12.0. The first-order chi connectivity index (χ1) is 10.6. The minimum absolute atomic E-state index is 0.216. The van der Waals surface area contributed by atoms with E-state index in [0.717, 1.165) is 18.4 Å². The van der Waals surface area contributed by atoms with Gasteiger partial charge in [-0.1, -0.05) is 30.3 Å². The van der Waals surface area contributed by atoms with E-state index in [0.29, 0.717) is 25.3 Å². The van der Waals surface area contributed by atoms with Crippen molar-refractivity contribution in [2.75, 3.05) is 13.6 Å². The molecule has 5 heteroatoms. The first-order valence-electron chi connectivity index (χ1n) is 7.71. The Kier molecular flexibility index (Phi) is 5.81. The summed E-state index contributed by atoms with van der Waals surface area (Å²) in [6.45, 7) is 0.899.